The maximum atomic E-state index is 10.5. The van der Waals surface area contributed by atoms with Crippen LogP contribution in [0.5, 0.6) is 0 Å². The van der Waals surface area contributed by atoms with Gasteiger partial charge in [0.2, 0.25) is 0 Å². The molecular formula is C10H17N3O2. The Hall–Kier alpha value is -1.36. The van der Waals surface area contributed by atoms with Crippen molar-refractivity contribution in [2.24, 2.45) is 7.05 Å². The van der Waals surface area contributed by atoms with Crippen molar-refractivity contribution in [1.82, 2.24) is 14.7 Å². The molecule has 5 nitrogen and oxygen atoms in total. The van der Waals surface area contributed by atoms with Crippen LogP contribution in [0.2, 0.25) is 0 Å². The van der Waals surface area contributed by atoms with E-state index in [4.69, 9.17) is 5.11 Å². The van der Waals surface area contributed by atoms with Gasteiger partial charge in [0.05, 0.1) is 12.2 Å². The molecule has 1 heterocycles. The molecule has 1 aromatic rings. The summed E-state index contributed by atoms with van der Waals surface area (Å²) in [6.45, 7) is 4.60. The minimum atomic E-state index is -0.809. The zero-order valence-corrected chi connectivity index (χ0v) is 9.61. The lowest BCUT2D eigenvalue weighted by atomic mass is 10.2. The molecular weight excluding hydrogens is 194 g/mol. The molecule has 5 heteroatoms. The summed E-state index contributed by atoms with van der Waals surface area (Å²) in [5, 5.41) is 12.9. The number of aliphatic carboxylic acids is 1. The highest BCUT2D eigenvalue weighted by Crippen LogP contribution is 2.13. The third-order valence-electron chi connectivity index (χ3n) is 2.49. The second-order valence-corrected chi connectivity index (χ2v) is 3.84. The second-order valence-electron chi connectivity index (χ2n) is 3.84. The fourth-order valence-electron chi connectivity index (χ4n) is 1.60. The third-order valence-corrected chi connectivity index (χ3v) is 2.49. The van der Waals surface area contributed by atoms with Crippen molar-refractivity contribution < 1.29 is 9.90 Å². The molecule has 1 N–H and O–H groups in total. The van der Waals surface area contributed by atoms with Crippen LogP contribution in [0.25, 0.3) is 0 Å². The summed E-state index contributed by atoms with van der Waals surface area (Å²) >= 11 is 0. The van der Waals surface area contributed by atoms with Gasteiger partial charge in [0.1, 0.15) is 0 Å². The summed E-state index contributed by atoms with van der Waals surface area (Å²) in [5.74, 6) is -0.809. The summed E-state index contributed by atoms with van der Waals surface area (Å²) in [4.78, 5) is 12.3. The number of nitrogens with zero attached hydrogens (tertiary/aromatic N) is 3. The van der Waals surface area contributed by atoms with Gasteiger partial charge < -0.3 is 5.11 Å². The lowest BCUT2D eigenvalue weighted by molar-refractivity contribution is -0.138. The van der Waals surface area contributed by atoms with Gasteiger partial charge in [-0.3, -0.25) is 14.4 Å². The van der Waals surface area contributed by atoms with Crippen molar-refractivity contribution >= 4 is 5.97 Å². The maximum Gasteiger partial charge on any atom is 0.317 e. The van der Waals surface area contributed by atoms with E-state index in [1.54, 1.807) is 11.9 Å². The van der Waals surface area contributed by atoms with Gasteiger partial charge >= 0.3 is 5.97 Å². The van der Waals surface area contributed by atoms with E-state index >= 15 is 0 Å². The van der Waals surface area contributed by atoms with Crippen LogP contribution in [0.4, 0.5) is 0 Å². The van der Waals surface area contributed by atoms with Crippen LogP contribution in [0.3, 0.4) is 0 Å². The van der Waals surface area contributed by atoms with Crippen molar-refractivity contribution in [1.29, 1.82) is 0 Å². The Morgan fingerprint density at radius 3 is 2.53 bits per heavy atom. The standard InChI is InChI=1S/C10H17N3O2/c1-7-9(8(2)13(4)11-7)5-12(3)6-10(14)15/h5-6H2,1-4H3,(H,14,15). The summed E-state index contributed by atoms with van der Waals surface area (Å²) in [6.07, 6.45) is 0. The lowest BCUT2D eigenvalue weighted by Gasteiger charge is -2.13. The average molecular weight is 211 g/mol. The predicted molar refractivity (Wildman–Crippen MR) is 56.7 cm³/mol. The molecule has 15 heavy (non-hydrogen) atoms. The molecule has 0 radical (unpaired) electrons. The van der Waals surface area contributed by atoms with Crippen LogP contribution < -0.4 is 0 Å². The minimum absolute atomic E-state index is 0.0494. The van der Waals surface area contributed by atoms with Gasteiger partial charge in [-0.05, 0) is 20.9 Å². The number of carboxylic acids is 1. The Bertz CT molecular complexity index is 371. The SMILES string of the molecule is Cc1nn(C)c(C)c1CN(C)CC(=O)O. The smallest absolute Gasteiger partial charge is 0.317 e. The largest absolute Gasteiger partial charge is 0.480 e. The average Bonchev–Trinajstić information content (AvgIpc) is 2.31. The Labute approximate surface area is 89.3 Å². The highest BCUT2D eigenvalue weighted by molar-refractivity contribution is 5.69. The first-order valence-electron chi connectivity index (χ1n) is 4.81. The molecule has 0 atom stereocenters. The number of hydrogen-bond acceptors (Lipinski definition) is 3. The van der Waals surface area contributed by atoms with Crippen molar-refractivity contribution in [3.8, 4) is 0 Å². The van der Waals surface area contributed by atoms with Gasteiger partial charge in [-0.1, -0.05) is 0 Å². The van der Waals surface area contributed by atoms with E-state index in [9.17, 15) is 4.79 Å². The van der Waals surface area contributed by atoms with Gasteiger partial charge in [0.25, 0.3) is 0 Å². The molecule has 0 aliphatic rings. The zero-order valence-electron chi connectivity index (χ0n) is 9.61. The Kier molecular flexibility index (Phi) is 3.47. The van der Waals surface area contributed by atoms with Crippen LogP contribution in [-0.4, -0.2) is 39.3 Å². The lowest BCUT2D eigenvalue weighted by Crippen LogP contribution is -2.25. The monoisotopic (exact) mass is 211 g/mol. The van der Waals surface area contributed by atoms with Crippen molar-refractivity contribution in [3.05, 3.63) is 17.0 Å². The van der Waals surface area contributed by atoms with Crippen LogP contribution in [-0.2, 0) is 18.4 Å². The number of carbonyl (C=O) groups is 1. The molecule has 84 valence electrons. The quantitative estimate of drug-likeness (QED) is 0.790. The molecule has 0 aliphatic carbocycles. The van der Waals surface area contributed by atoms with E-state index in [2.05, 4.69) is 5.10 Å². The van der Waals surface area contributed by atoms with E-state index in [1.165, 1.54) is 0 Å². The molecule has 0 amide bonds. The zero-order chi connectivity index (χ0) is 11.6. The maximum absolute atomic E-state index is 10.5. The van der Waals surface area contributed by atoms with Gasteiger partial charge in [-0.25, -0.2) is 0 Å². The molecule has 0 saturated carbocycles. The Balaban J connectivity index is 2.76. The van der Waals surface area contributed by atoms with E-state index in [0.29, 0.717) is 6.54 Å². The highest BCUT2D eigenvalue weighted by atomic mass is 16.4. The van der Waals surface area contributed by atoms with Crippen molar-refractivity contribution in [3.63, 3.8) is 0 Å². The number of carboxylic acid groups (broad SMARTS) is 1. The number of likely N-dealkylation sites (N-methyl/N-ethyl adjacent to an activating group) is 1. The number of hydrogen-bond donors (Lipinski definition) is 1. The molecule has 0 fully saturated rings. The summed E-state index contributed by atoms with van der Waals surface area (Å²) in [7, 11) is 3.68. The van der Waals surface area contributed by atoms with E-state index in [-0.39, 0.29) is 6.54 Å². The Morgan fingerprint density at radius 2 is 2.13 bits per heavy atom. The third kappa shape index (κ3) is 2.79. The fourth-order valence-corrected chi connectivity index (χ4v) is 1.60. The molecule has 1 aromatic heterocycles. The van der Waals surface area contributed by atoms with E-state index < -0.39 is 5.97 Å². The van der Waals surface area contributed by atoms with Crippen molar-refractivity contribution in [2.75, 3.05) is 13.6 Å². The van der Waals surface area contributed by atoms with Crippen LogP contribution in [0, 0.1) is 13.8 Å². The van der Waals surface area contributed by atoms with Crippen LogP contribution in [0.15, 0.2) is 0 Å². The molecule has 0 unspecified atom stereocenters. The predicted octanol–water partition coefficient (Wildman–Crippen LogP) is 0.553. The fraction of sp³-hybridized carbons (Fsp3) is 0.600. The number of aromatic nitrogens is 2. The van der Waals surface area contributed by atoms with Crippen molar-refractivity contribution in [2.45, 2.75) is 20.4 Å². The number of aryl methyl sites for hydroxylation is 2. The Morgan fingerprint density at radius 1 is 1.53 bits per heavy atom. The first kappa shape index (κ1) is 11.7. The molecule has 1 rings (SSSR count). The normalized spacial score (nSPS) is 11.0. The summed E-state index contributed by atoms with van der Waals surface area (Å²) in [6, 6.07) is 0. The first-order chi connectivity index (χ1) is 6.91. The highest BCUT2D eigenvalue weighted by Gasteiger charge is 2.12. The van der Waals surface area contributed by atoms with Gasteiger partial charge in [-0.2, -0.15) is 5.10 Å². The molecule has 0 spiro atoms. The topological polar surface area (TPSA) is 58.4 Å². The van der Waals surface area contributed by atoms with E-state index in [0.717, 1.165) is 17.0 Å². The van der Waals surface area contributed by atoms with Gasteiger partial charge in [-0.15, -0.1) is 0 Å². The molecule has 0 aliphatic heterocycles. The van der Waals surface area contributed by atoms with Crippen LogP contribution >= 0.6 is 0 Å². The van der Waals surface area contributed by atoms with Gasteiger partial charge in [0.15, 0.2) is 0 Å². The summed E-state index contributed by atoms with van der Waals surface area (Å²) < 4.78 is 1.82. The van der Waals surface area contributed by atoms with Crippen LogP contribution in [0.1, 0.15) is 17.0 Å². The van der Waals surface area contributed by atoms with E-state index in [1.807, 2.05) is 25.6 Å². The first-order valence-corrected chi connectivity index (χ1v) is 4.81. The minimum Gasteiger partial charge on any atom is -0.480 e. The molecule has 0 saturated heterocycles. The summed E-state index contributed by atoms with van der Waals surface area (Å²) in [5.41, 5.74) is 3.17. The molecule has 0 bridgehead atoms. The number of rotatable bonds is 4. The molecule has 0 aromatic carbocycles. The van der Waals surface area contributed by atoms with Gasteiger partial charge in [0, 0.05) is 24.8 Å². The second kappa shape index (κ2) is 4.44.